The van der Waals surface area contributed by atoms with E-state index in [1.54, 1.807) is 4.68 Å². The van der Waals surface area contributed by atoms with Crippen LogP contribution in [-0.2, 0) is 11.3 Å². The first kappa shape index (κ1) is 11.1. The van der Waals surface area contributed by atoms with Gasteiger partial charge < -0.3 is 4.74 Å². The van der Waals surface area contributed by atoms with Crippen molar-refractivity contribution in [3.8, 4) is 0 Å². The van der Waals surface area contributed by atoms with Gasteiger partial charge in [0.25, 0.3) is 0 Å². The summed E-state index contributed by atoms with van der Waals surface area (Å²) in [6, 6.07) is 5.74. The quantitative estimate of drug-likeness (QED) is 0.796. The average Bonchev–Trinajstić information content (AvgIpc) is 2.68. The third kappa shape index (κ3) is 1.61. The standard InChI is InChI=1S/C11H11BrN2O2/c1-3-14-8-6-4-5-7(12)9(8)10(13-14)11(15)16-2/h4-6H,3H2,1-2H3. The van der Waals surface area contributed by atoms with Crippen LogP contribution in [0, 0.1) is 0 Å². The van der Waals surface area contributed by atoms with E-state index in [2.05, 4.69) is 21.0 Å². The molecule has 1 aromatic carbocycles. The molecule has 1 heterocycles. The van der Waals surface area contributed by atoms with E-state index in [0.717, 1.165) is 15.4 Å². The third-order valence-corrected chi connectivity index (χ3v) is 3.07. The van der Waals surface area contributed by atoms with Gasteiger partial charge in [0.1, 0.15) is 0 Å². The van der Waals surface area contributed by atoms with Crippen molar-refractivity contribution >= 4 is 32.8 Å². The Balaban J connectivity index is 2.79. The van der Waals surface area contributed by atoms with Gasteiger partial charge in [0.2, 0.25) is 0 Å². The second-order valence-corrected chi connectivity index (χ2v) is 4.14. The highest BCUT2D eigenvalue weighted by Gasteiger charge is 2.18. The zero-order valence-electron chi connectivity index (χ0n) is 9.03. The molecule has 0 fully saturated rings. The van der Waals surface area contributed by atoms with E-state index in [-0.39, 0.29) is 0 Å². The van der Waals surface area contributed by atoms with E-state index in [9.17, 15) is 4.79 Å². The molecule has 0 radical (unpaired) electrons. The molecule has 0 spiro atoms. The van der Waals surface area contributed by atoms with Crippen molar-refractivity contribution in [3.63, 3.8) is 0 Å². The molecule has 1 aromatic heterocycles. The Morgan fingerprint density at radius 2 is 2.31 bits per heavy atom. The number of halogens is 1. The largest absolute Gasteiger partial charge is 0.464 e. The van der Waals surface area contributed by atoms with Gasteiger partial charge in [-0.3, -0.25) is 4.68 Å². The molecular weight excluding hydrogens is 272 g/mol. The molecule has 2 rings (SSSR count). The summed E-state index contributed by atoms with van der Waals surface area (Å²) in [6.07, 6.45) is 0. The number of nitrogens with zero attached hydrogens (tertiary/aromatic N) is 2. The van der Waals surface area contributed by atoms with Gasteiger partial charge in [-0.2, -0.15) is 5.10 Å². The molecule has 0 atom stereocenters. The van der Waals surface area contributed by atoms with Crippen LogP contribution in [0.25, 0.3) is 10.9 Å². The van der Waals surface area contributed by atoms with Crippen LogP contribution in [0.3, 0.4) is 0 Å². The number of hydrogen-bond acceptors (Lipinski definition) is 3. The van der Waals surface area contributed by atoms with Gasteiger partial charge in [0, 0.05) is 16.4 Å². The van der Waals surface area contributed by atoms with Gasteiger partial charge in [-0.25, -0.2) is 4.79 Å². The van der Waals surface area contributed by atoms with E-state index in [1.807, 2.05) is 25.1 Å². The molecule has 0 amide bonds. The van der Waals surface area contributed by atoms with Crippen LogP contribution in [-0.4, -0.2) is 22.9 Å². The van der Waals surface area contributed by atoms with Gasteiger partial charge >= 0.3 is 5.97 Å². The minimum Gasteiger partial charge on any atom is -0.464 e. The Morgan fingerprint density at radius 3 is 2.94 bits per heavy atom. The van der Waals surface area contributed by atoms with Gasteiger partial charge in [-0.05, 0) is 19.1 Å². The fourth-order valence-corrected chi connectivity index (χ4v) is 2.21. The second-order valence-electron chi connectivity index (χ2n) is 3.29. The fraction of sp³-hybridized carbons (Fsp3) is 0.273. The molecule has 2 aromatic rings. The molecule has 84 valence electrons. The van der Waals surface area contributed by atoms with Crippen molar-refractivity contribution in [2.45, 2.75) is 13.5 Å². The molecule has 0 saturated heterocycles. The fourth-order valence-electron chi connectivity index (χ4n) is 1.67. The summed E-state index contributed by atoms with van der Waals surface area (Å²) < 4.78 is 7.36. The topological polar surface area (TPSA) is 44.1 Å². The van der Waals surface area contributed by atoms with Crippen LogP contribution in [0.5, 0.6) is 0 Å². The second kappa shape index (κ2) is 4.25. The van der Waals surface area contributed by atoms with Gasteiger partial charge in [-0.1, -0.05) is 22.0 Å². The maximum Gasteiger partial charge on any atom is 0.359 e. The molecule has 0 aliphatic heterocycles. The highest BCUT2D eigenvalue weighted by atomic mass is 79.9. The number of benzene rings is 1. The molecular formula is C11H11BrN2O2. The number of methoxy groups -OCH3 is 1. The van der Waals surface area contributed by atoms with E-state index < -0.39 is 5.97 Å². The van der Waals surface area contributed by atoms with E-state index in [4.69, 9.17) is 4.74 Å². The summed E-state index contributed by atoms with van der Waals surface area (Å²) in [7, 11) is 1.36. The maximum absolute atomic E-state index is 11.6. The molecule has 0 saturated carbocycles. The number of ether oxygens (including phenoxy) is 1. The number of fused-ring (bicyclic) bond motifs is 1. The molecule has 16 heavy (non-hydrogen) atoms. The molecule has 5 heteroatoms. The normalized spacial score (nSPS) is 10.7. The number of aryl methyl sites for hydroxylation is 1. The van der Waals surface area contributed by atoms with E-state index in [1.165, 1.54) is 7.11 Å². The number of rotatable bonds is 2. The Kier molecular flexibility index (Phi) is 2.96. The molecule has 0 aliphatic rings. The first-order valence-corrected chi connectivity index (χ1v) is 5.71. The monoisotopic (exact) mass is 282 g/mol. The van der Waals surface area contributed by atoms with Crippen LogP contribution in [0.1, 0.15) is 17.4 Å². The van der Waals surface area contributed by atoms with E-state index in [0.29, 0.717) is 12.2 Å². The molecule has 4 nitrogen and oxygen atoms in total. The van der Waals surface area contributed by atoms with Crippen LogP contribution in [0.4, 0.5) is 0 Å². The minimum absolute atomic E-state index is 0.354. The van der Waals surface area contributed by atoms with E-state index >= 15 is 0 Å². The lowest BCUT2D eigenvalue weighted by Crippen LogP contribution is -2.04. The average molecular weight is 283 g/mol. The van der Waals surface area contributed by atoms with Crippen LogP contribution in [0.15, 0.2) is 22.7 Å². The maximum atomic E-state index is 11.6. The highest BCUT2D eigenvalue weighted by molar-refractivity contribution is 9.10. The third-order valence-electron chi connectivity index (χ3n) is 2.41. The van der Waals surface area contributed by atoms with Crippen molar-refractivity contribution < 1.29 is 9.53 Å². The first-order chi connectivity index (χ1) is 7.69. The highest BCUT2D eigenvalue weighted by Crippen LogP contribution is 2.27. The molecule has 0 aliphatic carbocycles. The molecule has 0 bridgehead atoms. The Morgan fingerprint density at radius 1 is 1.56 bits per heavy atom. The summed E-state index contributed by atoms with van der Waals surface area (Å²) in [5.41, 5.74) is 1.28. The van der Waals surface area contributed by atoms with Crippen molar-refractivity contribution in [1.29, 1.82) is 0 Å². The predicted molar refractivity (Wildman–Crippen MR) is 64.4 cm³/mol. The first-order valence-electron chi connectivity index (χ1n) is 4.92. The van der Waals surface area contributed by atoms with Crippen molar-refractivity contribution in [2.75, 3.05) is 7.11 Å². The zero-order chi connectivity index (χ0) is 11.7. The smallest absolute Gasteiger partial charge is 0.359 e. The minimum atomic E-state index is -0.413. The van der Waals surface area contributed by atoms with Gasteiger partial charge in [0.05, 0.1) is 12.6 Å². The van der Waals surface area contributed by atoms with Crippen molar-refractivity contribution in [2.24, 2.45) is 0 Å². The van der Waals surface area contributed by atoms with Crippen LogP contribution >= 0.6 is 15.9 Å². The number of esters is 1. The molecule has 0 unspecified atom stereocenters. The Hall–Kier alpha value is -1.36. The Bertz CT molecular complexity index is 548. The van der Waals surface area contributed by atoms with Crippen molar-refractivity contribution in [3.05, 3.63) is 28.4 Å². The van der Waals surface area contributed by atoms with Gasteiger partial charge in [-0.15, -0.1) is 0 Å². The summed E-state index contributed by atoms with van der Waals surface area (Å²) in [5.74, 6) is -0.413. The lowest BCUT2D eigenvalue weighted by molar-refractivity contribution is 0.0595. The molecule has 0 N–H and O–H groups in total. The summed E-state index contributed by atoms with van der Waals surface area (Å²) in [4.78, 5) is 11.6. The number of carbonyl (C=O) groups is 1. The number of carbonyl (C=O) groups excluding carboxylic acids is 1. The lowest BCUT2D eigenvalue weighted by Gasteiger charge is -1.98. The number of aromatic nitrogens is 2. The lowest BCUT2D eigenvalue weighted by atomic mass is 10.2. The summed E-state index contributed by atoms with van der Waals surface area (Å²) >= 11 is 3.43. The zero-order valence-corrected chi connectivity index (χ0v) is 10.6. The SMILES string of the molecule is CCn1nc(C(=O)OC)c2c(Br)cccc21. The summed E-state index contributed by atoms with van der Waals surface area (Å²) in [5, 5.41) is 5.05. The number of hydrogen-bond donors (Lipinski definition) is 0. The Labute approximate surface area is 101 Å². The van der Waals surface area contributed by atoms with Crippen LogP contribution < -0.4 is 0 Å². The summed E-state index contributed by atoms with van der Waals surface area (Å²) in [6.45, 7) is 2.69. The van der Waals surface area contributed by atoms with Gasteiger partial charge in [0.15, 0.2) is 5.69 Å². The van der Waals surface area contributed by atoms with Crippen LogP contribution in [0.2, 0.25) is 0 Å². The predicted octanol–water partition coefficient (Wildman–Crippen LogP) is 2.61. The van der Waals surface area contributed by atoms with Crippen molar-refractivity contribution in [1.82, 2.24) is 9.78 Å².